The molecule has 0 atom stereocenters. The van der Waals surface area contributed by atoms with E-state index in [1.54, 1.807) is 21.7 Å². The first-order valence-corrected chi connectivity index (χ1v) is 18.1. The standard InChI is InChI=1S/2C12H25.C4H8O2.Sn/c2*1-3-5-7-9-11-12-10-8-6-4-2;1-2-3-4(5)6;/h2*1,3-12H2,2H3;2-3H2,1H3,(H,5,6);. The van der Waals surface area contributed by atoms with Crippen molar-refractivity contribution in [2.45, 2.75) is 171 Å². The third-order valence-corrected chi connectivity index (χ3v) is 9.91. The minimum atomic E-state index is -0.711. The number of carboxylic acids is 1. The molecule has 1 N–H and O–H groups in total. The van der Waals surface area contributed by atoms with E-state index >= 15 is 0 Å². The van der Waals surface area contributed by atoms with Crippen LogP contribution in [0.3, 0.4) is 0 Å². The fourth-order valence-electron chi connectivity index (χ4n) is 3.81. The van der Waals surface area contributed by atoms with E-state index in [0.717, 1.165) is 6.42 Å². The van der Waals surface area contributed by atoms with Crippen LogP contribution < -0.4 is 0 Å². The van der Waals surface area contributed by atoms with Crippen LogP contribution in [-0.4, -0.2) is 32.2 Å². The van der Waals surface area contributed by atoms with Gasteiger partial charge in [-0.1, -0.05) is 6.92 Å². The van der Waals surface area contributed by atoms with Crippen molar-refractivity contribution in [1.29, 1.82) is 0 Å². The molecule has 0 aliphatic carbocycles. The van der Waals surface area contributed by atoms with Gasteiger partial charge in [-0.05, 0) is 6.42 Å². The van der Waals surface area contributed by atoms with Crippen molar-refractivity contribution in [3.05, 3.63) is 0 Å². The van der Waals surface area contributed by atoms with Crippen molar-refractivity contribution < 1.29 is 9.90 Å². The van der Waals surface area contributed by atoms with Crippen LogP contribution in [-0.2, 0) is 4.79 Å². The van der Waals surface area contributed by atoms with Gasteiger partial charge in [0.05, 0.1) is 0 Å². The fourth-order valence-corrected chi connectivity index (χ4v) is 7.38. The van der Waals surface area contributed by atoms with E-state index in [1.807, 2.05) is 6.92 Å². The SMILES string of the molecule is CCCC(=O)O.CCCCCCCCCCC[CH2][Sn][CH2]CCCCCCCCCCC. The van der Waals surface area contributed by atoms with Crippen molar-refractivity contribution in [3.8, 4) is 0 Å². The van der Waals surface area contributed by atoms with Gasteiger partial charge >= 0.3 is 178 Å². The summed E-state index contributed by atoms with van der Waals surface area (Å²) in [6.45, 7) is 6.45. The fraction of sp³-hybridized carbons (Fsp3) is 0.964. The Morgan fingerprint density at radius 2 is 0.774 bits per heavy atom. The average molecular weight is 545 g/mol. The molecule has 0 fully saturated rings. The summed E-state index contributed by atoms with van der Waals surface area (Å²) in [4.78, 5) is 9.60. The van der Waals surface area contributed by atoms with Crippen LogP contribution in [0.25, 0.3) is 0 Å². The third-order valence-electron chi connectivity index (χ3n) is 5.88. The summed E-state index contributed by atoms with van der Waals surface area (Å²) in [6, 6.07) is 0. The van der Waals surface area contributed by atoms with Crippen LogP contribution >= 0.6 is 0 Å². The molecular weight excluding hydrogens is 487 g/mol. The molecule has 31 heavy (non-hydrogen) atoms. The number of carbonyl (C=O) groups is 1. The second-order valence-corrected chi connectivity index (χ2v) is 13.5. The van der Waals surface area contributed by atoms with E-state index in [4.69, 9.17) is 5.11 Å². The molecule has 0 heterocycles. The van der Waals surface area contributed by atoms with E-state index in [1.165, 1.54) is 116 Å². The van der Waals surface area contributed by atoms with Crippen LogP contribution in [0.4, 0.5) is 0 Å². The second kappa shape index (κ2) is 32.4. The van der Waals surface area contributed by atoms with E-state index in [-0.39, 0.29) is 21.1 Å². The molecule has 0 aromatic heterocycles. The average Bonchev–Trinajstić information content (AvgIpc) is 2.75. The summed E-state index contributed by atoms with van der Waals surface area (Å²) < 4.78 is 3.33. The van der Waals surface area contributed by atoms with Gasteiger partial charge in [0.25, 0.3) is 0 Å². The predicted octanol–water partition coefficient (Wildman–Crippen LogP) is 10.2. The van der Waals surface area contributed by atoms with Gasteiger partial charge in [-0.15, -0.1) is 0 Å². The first-order chi connectivity index (χ1) is 15.2. The Kier molecular flexibility index (Phi) is 35.0. The zero-order chi connectivity index (χ0) is 23.3. The summed E-state index contributed by atoms with van der Waals surface area (Å²) in [5, 5.41) is 7.91. The molecule has 0 spiro atoms. The molecule has 0 bridgehead atoms. The van der Waals surface area contributed by atoms with Crippen LogP contribution in [0.2, 0.25) is 8.87 Å². The number of carboxylic acid groups (broad SMARTS) is 1. The Morgan fingerprint density at radius 3 is 1.00 bits per heavy atom. The second-order valence-electron chi connectivity index (χ2n) is 9.26. The number of unbranched alkanes of at least 4 members (excludes halogenated alkanes) is 18. The first-order valence-electron chi connectivity index (χ1n) is 14.1. The Morgan fingerprint density at radius 1 is 0.484 bits per heavy atom. The zero-order valence-electron chi connectivity index (χ0n) is 21.8. The molecule has 0 aromatic carbocycles. The van der Waals surface area contributed by atoms with Crippen LogP contribution in [0, 0.1) is 0 Å². The number of hydrogen-bond donors (Lipinski definition) is 1. The van der Waals surface area contributed by atoms with Gasteiger partial charge < -0.3 is 5.11 Å². The van der Waals surface area contributed by atoms with Crippen molar-refractivity contribution in [1.82, 2.24) is 0 Å². The molecule has 0 unspecified atom stereocenters. The van der Waals surface area contributed by atoms with Crippen molar-refractivity contribution in [2.75, 3.05) is 0 Å². The van der Waals surface area contributed by atoms with Crippen LogP contribution in [0.1, 0.15) is 162 Å². The Hall–Kier alpha value is 0.269. The maximum atomic E-state index is 9.60. The minimum absolute atomic E-state index is 0.0377. The normalized spacial score (nSPS) is 10.7. The predicted molar refractivity (Wildman–Crippen MR) is 142 cm³/mol. The van der Waals surface area contributed by atoms with Gasteiger partial charge in [0.2, 0.25) is 0 Å². The first kappa shape index (κ1) is 33.4. The Balaban J connectivity index is 0. The summed E-state index contributed by atoms with van der Waals surface area (Å²) >= 11 is 0.0377. The van der Waals surface area contributed by atoms with Gasteiger partial charge in [0.1, 0.15) is 0 Å². The van der Waals surface area contributed by atoms with Gasteiger partial charge in [-0.2, -0.15) is 0 Å². The molecule has 2 radical (unpaired) electrons. The number of aliphatic carboxylic acids is 1. The molecule has 0 aliphatic heterocycles. The van der Waals surface area contributed by atoms with Crippen molar-refractivity contribution >= 4 is 27.1 Å². The van der Waals surface area contributed by atoms with E-state index in [9.17, 15) is 4.79 Å². The van der Waals surface area contributed by atoms with Crippen LogP contribution in [0.15, 0.2) is 0 Å². The molecule has 0 amide bonds. The molecule has 2 nitrogen and oxygen atoms in total. The van der Waals surface area contributed by atoms with Crippen molar-refractivity contribution in [3.63, 3.8) is 0 Å². The number of rotatable bonds is 24. The summed E-state index contributed by atoms with van der Waals surface area (Å²) in [7, 11) is 0. The molecular formula is C28H58O2Sn. The van der Waals surface area contributed by atoms with Gasteiger partial charge in [-0.3, -0.25) is 4.79 Å². The van der Waals surface area contributed by atoms with E-state index in [2.05, 4.69) is 13.8 Å². The van der Waals surface area contributed by atoms with Crippen LogP contribution in [0.5, 0.6) is 0 Å². The third kappa shape index (κ3) is 37.9. The summed E-state index contributed by atoms with van der Waals surface area (Å²) in [6.07, 6.45) is 30.9. The van der Waals surface area contributed by atoms with Gasteiger partial charge in [-0.25, -0.2) is 0 Å². The topological polar surface area (TPSA) is 37.3 Å². The van der Waals surface area contributed by atoms with E-state index < -0.39 is 5.97 Å². The number of hydrogen-bond acceptors (Lipinski definition) is 1. The zero-order valence-corrected chi connectivity index (χ0v) is 24.7. The molecule has 3 heteroatoms. The monoisotopic (exact) mass is 546 g/mol. The van der Waals surface area contributed by atoms with Crippen molar-refractivity contribution in [2.24, 2.45) is 0 Å². The van der Waals surface area contributed by atoms with Gasteiger partial charge in [0, 0.05) is 6.42 Å². The molecule has 186 valence electrons. The van der Waals surface area contributed by atoms with Gasteiger partial charge in [0.15, 0.2) is 0 Å². The molecule has 0 aromatic rings. The Bertz CT molecular complexity index is 298. The molecule has 0 saturated carbocycles. The quantitative estimate of drug-likeness (QED) is 0.0968. The van der Waals surface area contributed by atoms with E-state index in [0.29, 0.717) is 6.42 Å². The maximum absolute atomic E-state index is 9.60. The molecule has 0 saturated heterocycles. The summed E-state index contributed by atoms with van der Waals surface area (Å²) in [5.41, 5.74) is 0. The Labute approximate surface area is 207 Å². The summed E-state index contributed by atoms with van der Waals surface area (Å²) in [5.74, 6) is -0.711. The molecule has 0 rings (SSSR count). The molecule has 0 aliphatic rings.